The first kappa shape index (κ1) is 15.6. The van der Waals surface area contributed by atoms with Crippen molar-refractivity contribution in [2.24, 2.45) is 5.73 Å². The normalized spacial score (nSPS) is 13.9. The number of benzene rings is 1. The Morgan fingerprint density at radius 1 is 1.44 bits per heavy atom. The minimum atomic E-state index is -3.46. The molecule has 1 unspecified atom stereocenters. The third-order valence-electron chi connectivity index (χ3n) is 3.10. The summed E-state index contributed by atoms with van der Waals surface area (Å²) in [5, 5.41) is 0. The van der Waals surface area contributed by atoms with E-state index in [4.69, 9.17) is 5.73 Å². The van der Waals surface area contributed by atoms with E-state index < -0.39 is 10.0 Å². The van der Waals surface area contributed by atoms with Crippen molar-refractivity contribution in [3.63, 3.8) is 0 Å². The number of sulfonamides is 1. The first-order valence-corrected chi connectivity index (χ1v) is 8.04. The molecule has 0 aliphatic carbocycles. The summed E-state index contributed by atoms with van der Waals surface area (Å²) in [6.07, 6.45) is 0.772. The Morgan fingerprint density at radius 3 is 2.50 bits per heavy atom. The number of nitrogens with two attached hydrogens (primary N) is 1. The van der Waals surface area contributed by atoms with Gasteiger partial charge in [-0.2, -0.15) is 4.31 Å². The smallest absolute Gasteiger partial charge is 0.244 e. The number of hydrogen-bond donors (Lipinski definition) is 1. The zero-order valence-electron chi connectivity index (χ0n) is 10.9. The molecule has 0 saturated carbocycles. The molecular weight excluding hydrogens is 316 g/mol. The highest BCUT2D eigenvalue weighted by Gasteiger charge is 2.26. The predicted molar refractivity (Wildman–Crippen MR) is 76.7 cm³/mol. The van der Waals surface area contributed by atoms with E-state index in [9.17, 15) is 8.42 Å². The first-order chi connectivity index (χ1) is 8.34. The van der Waals surface area contributed by atoms with Crippen LogP contribution in [0.3, 0.4) is 0 Å². The van der Waals surface area contributed by atoms with Gasteiger partial charge in [0.25, 0.3) is 0 Å². The second kappa shape index (κ2) is 6.14. The topological polar surface area (TPSA) is 63.4 Å². The van der Waals surface area contributed by atoms with E-state index in [1.165, 1.54) is 4.31 Å². The summed E-state index contributed by atoms with van der Waals surface area (Å²) in [5.74, 6) is 0. The van der Waals surface area contributed by atoms with E-state index in [-0.39, 0.29) is 10.9 Å². The number of rotatable bonds is 5. The Morgan fingerprint density at radius 2 is 2.06 bits per heavy atom. The Balaban J connectivity index is 3.21. The fourth-order valence-electron chi connectivity index (χ4n) is 1.53. The minimum absolute atomic E-state index is 0.0314. The van der Waals surface area contributed by atoms with Crippen LogP contribution in [0.5, 0.6) is 0 Å². The van der Waals surface area contributed by atoms with Gasteiger partial charge in [0.2, 0.25) is 10.0 Å². The van der Waals surface area contributed by atoms with Gasteiger partial charge in [-0.3, -0.25) is 0 Å². The average Bonchev–Trinajstić information content (AvgIpc) is 2.36. The molecule has 102 valence electrons. The van der Waals surface area contributed by atoms with Gasteiger partial charge in [0, 0.05) is 24.1 Å². The van der Waals surface area contributed by atoms with Crippen LogP contribution in [0.2, 0.25) is 0 Å². The molecule has 0 amide bonds. The maximum absolute atomic E-state index is 12.4. The fraction of sp³-hybridized carbons (Fsp3) is 0.500. The summed E-state index contributed by atoms with van der Waals surface area (Å²) in [6, 6.07) is 5.05. The third-order valence-corrected chi connectivity index (χ3v) is 6.05. The van der Waals surface area contributed by atoms with E-state index in [0.29, 0.717) is 11.0 Å². The van der Waals surface area contributed by atoms with E-state index in [1.807, 2.05) is 13.8 Å². The van der Waals surface area contributed by atoms with Gasteiger partial charge in [-0.15, -0.1) is 0 Å². The summed E-state index contributed by atoms with van der Waals surface area (Å²) >= 11 is 3.30. The van der Waals surface area contributed by atoms with Gasteiger partial charge < -0.3 is 5.73 Å². The first-order valence-electron chi connectivity index (χ1n) is 5.81. The highest BCUT2D eigenvalue weighted by molar-refractivity contribution is 9.10. The van der Waals surface area contributed by atoms with Crippen molar-refractivity contribution in [1.29, 1.82) is 0 Å². The molecule has 1 aromatic rings. The summed E-state index contributed by atoms with van der Waals surface area (Å²) < 4.78 is 26.8. The van der Waals surface area contributed by atoms with Crippen LogP contribution in [0.4, 0.5) is 0 Å². The van der Waals surface area contributed by atoms with Gasteiger partial charge in [0.15, 0.2) is 0 Å². The third kappa shape index (κ3) is 3.12. The SMILES string of the molecule is CCC(C)N(C)S(=O)(=O)c1ccc(CN)cc1Br. The molecule has 0 radical (unpaired) electrons. The lowest BCUT2D eigenvalue weighted by Crippen LogP contribution is -2.34. The molecule has 1 rings (SSSR count). The molecule has 18 heavy (non-hydrogen) atoms. The fourth-order valence-corrected chi connectivity index (χ4v) is 4.05. The molecule has 0 aliphatic heterocycles. The Bertz CT molecular complexity index is 517. The summed E-state index contributed by atoms with van der Waals surface area (Å²) in [6.45, 7) is 4.24. The highest BCUT2D eigenvalue weighted by Crippen LogP contribution is 2.26. The second-order valence-electron chi connectivity index (χ2n) is 4.25. The molecule has 0 fully saturated rings. The Labute approximate surface area is 117 Å². The second-order valence-corrected chi connectivity index (χ2v) is 7.07. The van der Waals surface area contributed by atoms with Crippen molar-refractivity contribution in [2.45, 2.75) is 37.8 Å². The van der Waals surface area contributed by atoms with E-state index in [0.717, 1.165) is 12.0 Å². The van der Waals surface area contributed by atoms with E-state index in [2.05, 4.69) is 15.9 Å². The van der Waals surface area contributed by atoms with Gasteiger partial charge in [0.1, 0.15) is 0 Å². The zero-order chi connectivity index (χ0) is 13.9. The van der Waals surface area contributed by atoms with Crippen LogP contribution in [-0.2, 0) is 16.6 Å². The lowest BCUT2D eigenvalue weighted by atomic mass is 10.2. The average molecular weight is 335 g/mol. The molecular formula is C12H19BrN2O2S. The highest BCUT2D eigenvalue weighted by atomic mass is 79.9. The predicted octanol–water partition coefficient (Wildman–Crippen LogP) is 2.33. The molecule has 0 heterocycles. The van der Waals surface area contributed by atoms with Crippen LogP contribution in [0.25, 0.3) is 0 Å². The van der Waals surface area contributed by atoms with Crippen LogP contribution in [0.1, 0.15) is 25.8 Å². The molecule has 0 aliphatic rings. The number of halogens is 1. The monoisotopic (exact) mass is 334 g/mol. The quantitative estimate of drug-likeness (QED) is 0.898. The molecule has 2 N–H and O–H groups in total. The standard InChI is InChI=1S/C12H19BrN2O2S/c1-4-9(2)15(3)18(16,17)12-6-5-10(8-14)7-11(12)13/h5-7,9H,4,8,14H2,1-3H3. The van der Waals surface area contributed by atoms with E-state index in [1.54, 1.807) is 25.2 Å². The summed E-state index contributed by atoms with van der Waals surface area (Å²) in [5.41, 5.74) is 6.42. The van der Waals surface area contributed by atoms with Crippen molar-refractivity contribution >= 4 is 26.0 Å². The number of hydrogen-bond acceptors (Lipinski definition) is 3. The number of nitrogens with zero attached hydrogens (tertiary/aromatic N) is 1. The van der Waals surface area contributed by atoms with Crippen LogP contribution in [0, 0.1) is 0 Å². The zero-order valence-corrected chi connectivity index (χ0v) is 13.3. The van der Waals surface area contributed by atoms with Crippen molar-refractivity contribution in [3.05, 3.63) is 28.2 Å². The van der Waals surface area contributed by atoms with Crippen LogP contribution in [0.15, 0.2) is 27.6 Å². The molecule has 6 heteroatoms. The van der Waals surface area contributed by atoms with Crippen molar-refractivity contribution in [3.8, 4) is 0 Å². The molecule has 0 spiro atoms. The van der Waals surface area contributed by atoms with Crippen LogP contribution >= 0.6 is 15.9 Å². The largest absolute Gasteiger partial charge is 0.326 e. The Kier molecular flexibility index (Phi) is 5.33. The maximum atomic E-state index is 12.4. The van der Waals surface area contributed by atoms with Gasteiger partial charge >= 0.3 is 0 Å². The maximum Gasteiger partial charge on any atom is 0.244 e. The van der Waals surface area contributed by atoms with Crippen molar-refractivity contribution in [2.75, 3.05) is 7.05 Å². The molecule has 0 saturated heterocycles. The molecule has 4 nitrogen and oxygen atoms in total. The summed E-state index contributed by atoms with van der Waals surface area (Å²) in [7, 11) is -1.86. The van der Waals surface area contributed by atoms with E-state index >= 15 is 0 Å². The molecule has 1 aromatic carbocycles. The van der Waals surface area contributed by atoms with Gasteiger partial charge in [-0.05, 0) is 47.0 Å². The van der Waals surface area contributed by atoms with Crippen molar-refractivity contribution in [1.82, 2.24) is 4.31 Å². The lowest BCUT2D eigenvalue weighted by Gasteiger charge is -2.23. The van der Waals surface area contributed by atoms with Crippen molar-refractivity contribution < 1.29 is 8.42 Å². The Hall–Kier alpha value is -0.430. The molecule has 0 bridgehead atoms. The van der Waals surface area contributed by atoms with Gasteiger partial charge in [0.05, 0.1) is 4.90 Å². The summed E-state index contributed by atoms with van der Waals surface area (Å²) in [4.78, 5) is 0.280. The van der Waals surface area contributed by atoms with Gasteiger partial charge in [-0.25, -0.2) is 8.42 Å². The van der Waals surface area contributed by atoms with Crippen LogP contribution < -0.4 is 5.73 Å². The minimum Gasteiger partial charge on any atom is -0.326 e. The molecule has 1 atom stereocenters. The lowest BCUT2D eigenvalue weighted by molar-refractivity contribution is 0.380. The van der Waals surface area contributed by atoms with Gasteiger partial charge in [-0.1, -0.05) is 13.0 Å². The van der Waals surface area contributed by atoms with Crippen LogP contribution in [-0.4, -0.2) is 25.8 Å². The molecule has 0 aromatic heterocycles.